The number of guanidine groups is 1. The number of likely N-dealkylation sites (tertiary alicyclic amines) is 1. The summed E-state index contributed by atoms with van der Waals surface area (Å²) in [6, 6.07) is 8.20. The zero-order valence-electron chi connectivity index (χ0n) is 17.8. The van der Waals surface area contributed by atoms with Crippen LogP contribution in [0.2, 0.25) is 0 Å². The van der Waals surface area contributed by atoms with E-state index >= 15 is 0 Å². The fourth-order valence-electron chi connectivity index (χ4n) is 3.61. The quantitative estimate of drug-likeness (QED) is 0.187. The second kappa shape index (κ2) is 12.2. The zero-order chi connectivity index (χ0) is 20.7. The number of hydrogen-bond acceptors (Lipinski definition) is 5. The van der Waals surface area contributed by atoms with E-state index in [4.69, 9.17) is 4.74 Å². The molecule has 0 amide bonds. The van der Waals surface area contributed by atoms with Gasteiger partial charge in [0.1, 0.15) is 0 Å². The van der Waals surface area contributed by atoms with Crippen molar-refractivity contribution in [3.63, 3.8) is 0 Å². The average molecular weight is 551 g/mol. The fraction of sp³-hybridized carbons (Fsp3) is 0.650. The molecule has 1 aromatic carbocycles. The lowest BCUT2D eigenvalue weighted by molar-refractivity contribution is 0.197. The molecule has 0 spiro atoms. The van der Waals surface area contributed by atoms with Gasteiger partial charge in [-0.2, -0.15) is 0 Å². The van der Waals surface area contributed by atoms with Gasteiger partial charge < -0.3 is 20.3 Å². The Balaban J connectivity index is 0.00000320. The number of piperidine rings is 1. The number of halogens is 1. The number of nitrogens with zero attached hydrogens (tertiary/aromatic N) is 2. The van der Waals surface area contributed by atoms with E-state index in [1.54, 1.807) is 25.2 Å². The highest BCUT2D eigenvalue weighted by atomic mass is 127. The van der Waals surface area contributed by atoms with Gasteiger partial charge in [0.25, 0.3) is 0 Å². The number of methoxy groups -OCH3 is 1. The van der Waals surface area contributed by atoms with Gasteiger partial charge in [-0.1, -0.05) is 12.1 Å². The van der Waals surface area contributed by atoms with Gasteiger partial charge >= 0.3 is 0 Å². The molecule has 1 aliphatic carbocycles. The topological polar surface area (TPSA) is 95.1 Å². The van der Waals surface area contributed by atoms with Crippen LogP contribution in [0, 0.1) is 0 Å². The largest absolute Gasteiger partial charge is 0.383 e. The van der Waals surface area contributed by atoms with Crippen molar-refractivity contribution in [2.75, 3.05) is 40.4 Å². The Morgan fingerprint density at radius 2 is 1.97 bits per heavy atom. The summed E-state index contributed by atoms with van der Waals surface area (Å²) >= 11 is 0. The van der Waals surface area contributed by atoms with Crippen LogP contribution in [0.15, 0.2) is 34.2 Å². The Labute approximate surface area is 197 Å². The molecule has 10 heteroatoms. The van der Waals surface area contributed by atoms with Crippen LogP contribution in [0.3, 0.4) is 0 Å². The first-order chi connectivity index (χ1) is 14.0. The van der Waals surface area contributed by atoms with Crippen LogP contribution in [-0.2, 0) is 21.3 Å². The molecule has 1 aromatic rings. The van der Waals surface area contributed by atoms with Crippen molar-refractivity contribution in [2.24, 2.45) is 4.99 Å². The van der Waals surface area contributed by atoms with E-state index in [0.29, 0.717) is 19.2 Å². The van der Waals surface area contributed by atoms with Crippen molar-refractivity contribution in [1.82, 2.24) is 20.3 Å². The summed E-state index contributed by atoms with van der Waals surface area (Å²) in [4.78, 5) is 7.17. The standard InChI is InChI=1S/C20H33N5O3S.HI/c1-21-20(24-17-8-11-25(12-9-17)18-6-7-18)22-15-16-4-3-5-19(14-16)29(26,27)23-10-13-28-2;/h3-5,14,17-18,23H,6-13,15H2,1-2H3,(H2,21,22,24);1H. The monoisotopic (exact) mass is 551 g/mol. The highest BCUT2D eigenvalue weighted by Crippen LogP contribution is 2.29. The Bertz CT molecular complexity index is 793. The Hall–Kier alpha value is -0.950. The molecule has 30 heavy (non-hydrogen) atoms. The van der Waals surface area contributed by atoms with Crippen molar-refractivity contribution in [1.29, 1.82) is 0 Å². The van der Waals surface area contributed by atoms with Crippen molar-refractivity contribution in [3.8, 4) is 0 Å². The summed E-state index contributed by atoms with van der Waals surface area (Å²) in [5.74, 6) is 0.751. The van der Waals surface area contributed by atoms with E-state index in [9.17, 15) is 8.42 Å². The average Bonchev–Trinajstić information content (AvgIpc) is 3.57. The number of rotatable bonds is 9. The SMILES string of the molecule is CN=C(NCc1cccc(S(=O)(=O)NCCOC)c1)NC1CCN(C2CC2)CC1.I. The molecular weight excluding hydrogens is 517 g/mol. The van der Waals surface area contributed by atoms with Gasteiger partial charge in [0, 0.05) is 52.4 Å². The number of ether oxygens (including phenoxy) is 1. The van der Waals surface area contributed by atoms with Crippen molar-refractivity contribution in [2.45, 2.75) is 49.2 Å². The molecule has 3 N–H and O–H groups in total. The molecule has 0 atom stereocenters. The number of nitrogens with one attached hydrogen (secondary N) is 3. The third-order valence-corrected chi connectivity index (χ3v) is 6.88. The molecule has 0 unspecified atom stereocenters. The van der Waals surface area contributed by atoms with Crippen LogP contribution in [-0.4, -0.2) is 71.8 Å². The molecule has 1 saturated heterocycles. The second-order valence-corrected chi connectivity index (χ2v) is 9.42. The molecule has 3 rings (SSSR count). The highest BCUT2D eigenvalue weighted by molar-refractivity contribution is 14.0. The second-order valence-electron chi connectivity index (χ2n) is 7.65. The van der Waals surface area contributed by atoms with E-state index in [1.807, 2.05) is 6.07 Å². The van der Waals surface area contributed by atoms with E-state index in [-0.39, 0.29) is 35.4 Å². The normalized spacial score (nSPS) is 18.7. The predicted molar refractivity (Wildman–Crippen MR) is 130 cm³/mol. The Kier molecular flexibility index (Phi) is 10.3. The summed E-state index contributed by atoms with van der Waals surface area (Å²) in [5, 5.41) is 6.80. The lowest BCUT2D eigenvalue weighted by Crippen LogP contribution is -2.48. The Morgan fingerprint density at radius 3 is 2.60 bits per heavy atom. The summed E-state index contributed by atoms with van der Waals surface area (Å²) in [7, 11) is -0.239. The molecule has 170 valence electrons. The first-order valence-electron chi connectivity index (χ1n) is 10.3. The maximum absolute atomic E-state index is 12.4. The molecule has 2 fully saturated rings. The van der Waals surface area contributed by atoms with Gasteiger partial charge in [-0.3, -0.25) is 4.99 Å². The predicted octanol–water partition coefficient (Wildman–Crippen LogP) is 1.52. The highest BCUT2D eigenvalue weighted by Gasteiger charge is 2.31. The van der Waals surface area contributed by atoms with Crippen molar-refractivity contribution < 1.29 is 13.2 Å². The molecule has 1 heterocycles. The van der Waals surface area contributed by atoms with Crippen LogP contribution >= 0.6 is 24.0 Å². The number of aliphatic imine (C=N–C) groups is 1. The van der Waals surface area contributed by atoms with Crippen molar-refractivity contribution in [3.05, 3.63) is 29.8 Å². The van der Waals surface area contributed by atoms with E-state index < -0.39 is 10.0 Å². The fourth-order valence-corrected chi connectivity index (χ4v) is 4.69. The molecule has 1 saturated carbocycles. The van der Waals surface area contributed by atoms with Gasteiger partial charge in [0.15, 0.2) is 5.96 Å². The summed E-state index contributed by atoms with van der Waals surface area (Å²) in [6.45, 7) is 3.38. The molecule has 0 aromatic heterocycles. The van der Waals surface area contributed by atoms with Crippen LogP contribution in [0.25, 0.3) is 0 Å². The van der Waals surface area contributed by atoms with Gasteiger partial charge in [0.2, 0.25) is 10.0 Å². The van der Waals surface area contributed by atoms with Crippen LogP contribution < -0.4 is 15.4 Å². The van der Waals surface area contributed by atoms with Gasteiger partial charge in [-0.25, -0.2) is 13.1 Å². The number of hydrogen-bond donors (Lipinski definition) is 3. The molecule has 0 radical (unpaired) electrons. The van der Waals surface area contributed by atoms with E-state index in [0.717, 1.165) is 43.5 Å². The van der Waals surface area contributed by atoms with E-state index in [1.165, 1.54) is 20.0 Å². The first kappa shape index (κ1) is 25.3. The number of sulfonamides is 1. The molecular formula is C20H34IN5O3S. The lowest BCUT2D eigenvalue weighted by atomic mass is 10.1. The third-order valence-electron chi connectivity index (χ3n) is 5.42. The van der Waals surface area contributed by atoms with E-state index in [2.05, 4.69) is 25.2 Å². The summed E-state index contributed by atoms with van der Waals surface area (Å²) in [5.41, 5.74) is 0.881. The molecule has 1 aliphatic heterocycles. The lowest BCUT2D eigenvalue weighted by Gasteiger charge is -2.33. The minimum Gasteiger partial charge on any atom is -0.383 e. The summed E-state index contributed by atoms with van der Waals surface area (Å²) < 4.78 is 32.2. The third kappa shape index (κ3) is 7.63. The maximum atomic E-state index is 12.4. The molecule has 2 aliphatic rings. The van der Waals surface area contributed by atoms with Gasteiger partial charge in [0.05, 0.1) is 11.5 Å². The number of benzene rings is 1. The minimum absolute atomic E-state index is 0. The van der Waals surface area contributed by atoms with Crippen LogP contribution in [0.1, 0.15) is 31.2 Å². The molecule has 0 bridgehead atoms. The minimum atomic E-state index is -3.54. The molecule has 8 nitrogen and oxygen atoms in total. The van der Waals surface area contributed by atoms with Crippen LogP contribution in [0.5, 0.6) is 0 Å². The zero-order valence-corrected chi connectivity index (χ0v) is 20.9. The maximum Gasteiger partial charge on any atom is 0.240 e. The van der Waals surface area contributed by atoms with Gasteiger partial charge in [-0.05, 0) is 43.4 Å². The summed E-state index contributed by atoms with van der Waals surface area (Å²) in [6.07, 6.45) is 4.96. The van der Waals surface area contributed by atoms with Crippen molar-refractivity contribution >= 4 is 40.0 Å². The Morgan fingerprint density at radius 1 is 1.23 bits per heavy atom. The smallest absolute Gasteiger partial charge is 0.240 e. The van der Waals surface area contributed by atoms with Crippen LogP contribution in [0.4, 0.5) is 0 Å². The van der Waals surface area contributed by atoms with Gasteiger partial charge in [-0.15, -0.1) is 24.0 Å². The first-order valence-corrected chi connectivity index (χ1v) is 11.8.